The maximum atomic E-state index is 11.1. The van der Waals surface area contributed by atoms with Crippen molar-refractivity contribution < 1.29 is 4.79 Å². The summed E-state index contributed by atoms with van der Waals surface area (Å²) in [6.07, 6.45) is 0. The highest BCUT2D eigenvalue weighted by atomic mass is 32.1. The maximum Gasteiger partial charge on any atom is 0.239 e. The van der Waals surface area contributed by atoms with Gasteiger partial charge in [0.1, 0.15) is 0 Å². The highest BCUT2D eigenvalue weighted by Crippen LogP contribution is 2.18. The van der Waals surface area contributed by atoms with E-state index in [-0.39, 0.29) is 12.5 Å². The fourth-order valence-corrected chi connectivity index (χ4v) is 1.88. The third kappa shape index (κ3) is 3.66. The number of amides is 1. The third-order valence-electron chi connectivity index (χ3n) is 2.70. The summed E-state index contributed by atoms with van der Waals surface area (Å²) in [5.74, 6) is -0.109. The minimum absolute atomic E-state index is 0.109. The standard InChI is InChI=1S/C14H15N3OS/c1-15-13(18)9-16-14(19)17-12-7-6-10-4-2-3-5-11(10)8-12/h2-8H,9H2,1H3,(H,15,18)(H2,16,17,19). The summed E-state index contributed by atoms with van der Waals surface area (Å²) in [7, 11) is 1.59. The Kier molecular flexibility index (Phi) is 4.30. The Hall–Kier alpha value is -2.14. The second kappa shape index (κ2) is 6.15. The molecule has 98 valence electrons. The molecule has 2 aromatic carbocycles. The number of fused-ring (bicyclic) bond motifs is 1. The number of benzene rings is 2. The van der Waals surface area contributed by atoms with Crippen LogP contribution in [0, 0.1) is 0 Å². The number of anilines is 1. The molecule has 0 aromatic heterocycles. The van der Waals surface area contributed by atoms with Crippen molar-refractivity contribution >= 4 is 39.7 Å². The summed E-state index contributed by atoms with van der Waals surface area (Å²) < 4.78 is 0. The second-order valence-corrected chi connectivity index (χ2v) is 4.45. The molecule has 0 unspecified atom stereocenters. The largest absolute Gasteiger partial charge is 0.358 e. The molecule has 0 atom stereocenters. The molecular formula is C14H15N3OS. The topological polar surface area (TPSA) is 53.2 Å². The number of carbonyl (C=O) groups is 1. The van der Waals surface area contributed by atoms with Gasteiger partial charge >= 0.3 is 0 Å². The zero-order valence-electron chi connectivity index (χ0n) is 10.6. The van der Waals surface area contributed by atoms with E-state index in [0.29, 0.717) is 5.11 Å². The van der Waals surface area contributed by atoms with E-state index in [0.717, 1.165) is 11.1 Å². The van der Waals surface area contributed by atoms with Gasteiger partial charge in [0.25, 0.3) is 0 Å². The van der Waals surface area contributed by atoms with Crippen molar-refractivity contribution in [2.24, 2.45) is 0 Å². The molecule has 0 aliphatic carbocycles. The Morgan fingerprint density at radius 3 is 2.63 bits per heavy atom. The van der Waals surface area contributed by atoms with Crippen molar-refractivity contribution in [1.82, 2.24) is 10.6 Å². The Labute approximate surface area is 117 Å². The van der Waals surface area contributed by atoms with Gasteiger partial charge in [-0.25, -0.2) is 0 Å². The van der Waals surface area contributed by atoms with Gasteiger partial charge in [-0.05, 0) is 35.1 Å². The first-order valence-corrected chi connectivity index (χ1v) is 6.34. The van der Waals surface area contributed by atoms with Crippen LogP contribution in [-0.4, -0.2) is 24.6 Å². The molecule has 3 N–H and O–H groups in total. The highest BCUT2D eigenvalue weighted by molar-refractivity contribution is 7.80. The number of likely N-dealkylation sites (N-methyl/N-ethyl adjacent to an activating group) is 1. The second-order valence-electron chi connectivity index (χ2n) is 4.04. The number of nitrogens with one attached hydrogen (secondary N) is 3. The zero-order valence-corrected chi connectivity index (χ0v) is 11.4. The van der Waals surface area contributed by atoms with Gasteiger partial charge in [-0.15, -0.1) is 0 Å². The summed E-state index contributed by atoms with van der Waals surface area (Å²) >= 11 is 5.12. The monoisotopic (exact) mass is 273 g/mol. The SMILES string of the molecule is CNC(=O)CNC(=S)Nc1ccc2ccccc2c1. The molecule has 0 saturated carbocycles. The predicted molar refractivity (Wildman–Crippen MR) is 82.2 cm³/mol. The van der Waals surface area contributed by atoms with Gasteiger partial charge in [0.05, 0.1) is 6.54 Å². The molecule has 0 bridgehead atoms. The first kappa shape index (κ1) is 13.3. The van der Waals surface area contributed by atoms with Crippen molar-refractivity contribution in [1.29, 1.82) is 0 Å². The molecule has 0 aliphatic heterocycles. The number of rotatable bonds is 3. The minimum atomic E-state index is -0.109. The van der Waals surface area contributed by atoms with E-state index >= 15 is 0 Å². The van der Waals surface area contributed by atoms with Crippen molar-refractivity contribution in [3.63, 3.8) is 0 Å². The van der Waals surface area contributed by atoms with Crippen LogP contribution in [-0.2, 0) is 4.79 Å². The lowest BCUT2D eigenvalue weighted by molar-refractivity contribution is -0.119. The zero-order chi connectivity index (χ0) is 13.7. The summed E-state index contributed by atoms with van der Waals surface area (Å²) in [5, 5.41) is 11.2. The van der Waals surface area contributed by atoms with E-state index < -0.39 is 0 Å². The van der Waals surface area contributed by atoms with Crippen molar-refractivity contribution in [3.8, 4) is 0 Å². The quantitative estimate of drug-likeness (QED) is 0.747. The maximum absolute atomic E-state index is 11.1. The fraction of sp³-hybridized carbons (Fsp3) is 0.143. The summed E-state index contributed by atoms with van der Waals surface area (Å²) in [5.41, 5.74) is 0.896. The molecule has 2 aromatic rings. The lowest BCUT2D eigenvalue weighted by atomic mass is 10.1. The average Bonchev–Trinajstić information content (AvgIpc) is 2.44. The molecule has 1 amide bonds. The molecule has 0 saturated heterocycles. The van der Waals surface area contributed by atoms with Crippen molar-refractivity contribution in [3.05, 3.63) is 42.5 Å². The highest BCUT2D eigenvalue weighted by Gasteiger charge is 2.01. The minimum Gasteiger partial charge on any atom is -0.358 e. The van der Waals surface area contributed by atoms with Crippen LogP contribution in [0.3, 0.4) is 0 Å². The third-order valence-corrected chi connectivity index (χ3v) is 2.94. The molecule has 0 radical (unpaired) electrons. The molecule has 2 rings (SSSR count). The number of hydrogen-bond donors (Lipinski definition) is 3. The van der Waals surface area contributed by atoms with Crippen molar-refractivity contribution in [2.45, 2.75) is 0 Å². The van der Waals surface area contributed by atoms with E-state index in [1.54, 1.807) is 7.05 Å². The van der Waals surface area contributed by atoms with Crippen LogP contribution in [0.15, 0.2) is 42.5 Å². The molecule has 0 heterocycles. The first-order valence-electron chi connectivity index (χ1n) is 5.93. The first-order chi connectivity index (χ1) is 9.19. The van der Waals surface area contributed by atoms with Crippen LogP contribution in [0.1, 0.15) is 0 Å². The van der Waals surface area contributed by atoms with E-state index in [2.05, 4.69) is 22.0 Å². The summed E-state index contributed by atoms with van der Waals surface area (Å²) in [6.45, 7) is 0.163. The Bertz CT molecular complexity index is 612. The fourth-order valence-electron chi connectivity index (χ4n) is 1.69. The van der Waals surface area contributed by atoms with Gasteiger partial charge in [-0.2, -0.15) is 0 Å². The van der Waals surface area contributed by atoms with Gasteiger partial charge in [-0.1, -0.05) is 30.3 Å². The normalized spacial score (nSPS) is 9.95. The van der Waals surface area contributed by atoms with Crippen LogP contribution in [0.5, 0.6) is 0 Å². The molecule has 0 aliphatic rings. The Morgan fingerprint density at radius 2 is 1.89 bits per heavy atom. The van der Waals surface area contributed by atoms with Crippen LogP contribution >= 0.6 is 12.2 Å². The lowest BCUT2D eigenvalue weighted by Crippen LogP contribution is -2.37. The van der Waals surface area contributed by atoms with Gasteiger partial charge in [0.15, 0.2) is 5.11 Å². The van der Waals surface area contributed by atoms with Crippen molar-refractivity contribution in [2.75, 3.05) is 18.9 Å². The van der Waals surface area contributed by atoms with Gasteiger partial charge in [0, 0.05) is 12.7 Å². The van der Waals surface area contributed by atoms with Crippen LogP contribution in [0.25, 0.3) is 10.8 Å². The Morgan fingerprint density at radius 1 is 1.16 bits per heavy atom. The number of hydrogen-bond acceptors (Lipinski definition) is 2. The van der Waals surface area contributed by atoms with E-state index in [4.69, 9.17) is 12.2 Å². The molecule has 19 heavy (non-hydrogen) atoms. The van der Waals surface area contributed by atoms with Gasteiger partial charge in [-0.3, -0.25) is 4.79 Å². The molecule has 0 spiro atoms. The molecular weight excluding hydrogens is 258 g/mol. The summed E-state index contributed by atoms with van der Waals surface area (Å²) in [4.78, 5) is 11.1. The smallest absolute Gasteiger partial charge is 0.239 e. The molecule has 4 nitrogen and oxygen atoms in total. The lowest BCUT2D eigenvalue weighted by Gasteiger charge is -2.10. The average molecular weight is 273 g/mol. The van der Waals surface area contributed by atoms with E-state index in [1.807, 2.05) is 36.4 Å². The van der Waals surface area contributed by atoms with Gasteiger partial charge in [0.2, 0.25) is 5.91 Å². The van der Waals surface area contributed by atoms with Crippen LogP contribution in [0.4, 0.5) is 5.69 Å². The predicted octanol–water partition coefficient (Wildman–Crippen LogP) is 1.87. The van der Waals surface area contributed by atoms with Crippen LogP contribution in [0.2, 0.25) is 0 Å². The Balaban J connectivity index is 2.01. The summed E-state index contributed by atoms with van der Waals surface area (Å²) in [6, 6.07) is 14.1. The molecule has 0 fully saturated rings. The number of thiocarbonyl (C=S) groups is 1. The van der Waals surface area contributed by atoms with E-state index in [1.165, 1.54) is 5.39 Å². The number of carbonyl (C=O) groups excluding carboxylic acids is 1. The molecule has 5 heteroatoms. The van der Waals surface area contributed by atoms with Gasteiger partial charge < -0.3 is 16.0 Å². The van der Waals surface area contributed by atoms with Crippen LogP contribution < -0.4 is 16.0 Å². The van der Waals surface area contributed by atoms with E-state index in [9.17, 15) is 4.79 Å².